The summed E-state index contributed by atoms with van der Waals surface area (Å²) in [5, 5.41) is 4.67. The molecule has 11 heteroatoms. The zero-order valence-electron chi connectivity index (χ0n) is 22.3. The first kappa shape index (κ1) is 28.3. The van der Waals surface area contributed by atoms with Crippen LogP contribution in [0.1, 0.15) is 50.3 Å². The fourth-order valence-electron chi connectivity index (χ4n) is 4.42. The number of nitrogens with one attached hydrogen (secondary N) is 2. The summed E-state index contributed by atoms with van der Waals surface area (Å²) in [5.74, 6) is 0.108. The van der Waals surface area contributed by atoms with E-state index in [0.29, 0.717) is 23.0 Å². The van der Waals surface area contributed by atoms with Crippen LogP contribution in [0.25, 0.3) is 28.1 Å². The van der Waals surface area contributed by atoms with Crippen molar-refractivity contribution in [2.45, 2.75) is 51.6 Å². The monoisotopic (exact) mass is 549 g/mol. The molecule has 4 aromatic rings. The lowest BCUT2D eigenvalue weighted by Gasteiger charge is -2.15. The van der Waals surface area contributed by atoms with Crippen LogP contribution in [-0.2, 0) is 6.42 Å². The Morgan fingerprint density at radius 3 is 2.62 bits per heavy atom. The van der Waals surface area contributed by atoms with Crippen molar-refractivity contribution in [3.05, 3.63) is 75.4 Å². The van der Waals surface area contributed by atoms with Crippen LogP contribution in [0, 0.1) is 0 Å². The molecule has 0 fully saturated rings. The van der Waals surface area contributed by atoms with E-state index >= 15 is 0 Å². The molecule has 10 nitrogen and oxygen atoms in total. The van der Waals surface area contributed by atoms with Crippen LogP contribution in [0.4, 0.5) is 0 Å². The first-order valence-electron chi connectivity index (χ1n) is 13.1. The summed E-state index contributed by atoms with van der Waals surface area (Å²) in [7, 11) is 0. The largest absolute Gasteiger partial charge is 0.370 e. The predicted molar refractivity (Wildman–Crippen MR) is 158 cm³/mol. The lowest BCUT2D eigenvalue weighted by Crippen LogP contribution is -2.24. The second-order valence-electron chi connectivity index (χ2n) is 9.86. The molecule has 2 atom stereocenters. The molecule has 0 aliphatic carbocycles. The molecule has 0 unspecified atom stereocenters. The van der Waals surface area contributed by atoms with E-state index in [1.165, 1.54) is 0 Å². The van der Waals surface area contributed by atoms with Crippen molar-refractivity contribution in [2.75, 3.05) is 13.1 Å². The van der Waals surface area contributed by atoms with E-state index in [0.717, 1.165) is 60.1 Å². The molecule has 0 spiro atoms. The van der Waals surface area contributed by atoms with E-state index in [-0.39, 0.29) is 23.7 Å². The van der Waals surface area contributed by atoms with Gasteiger partial charge in [0.25, 0.3) is 0 Å². The van der Waals surface area contributed by atoms with Crippen LogP contribution in [0.5, 0.6) is 0 Å². The Balaban J connectivity index is 1.50. The number of aryl methyl sites for hydroxylation is 1. The number of aliphatic imine (C=N–C) groups is 1. The summed E-state index contributed by atoms with van der Waals surface area (Å²) < 4.78 is 1.54. The maximum Gasteiger partial charge on any atom is 0.354 e. The molecule has 0 saturated heterocycles. The minimum Gasteiger partial charge on any atom is -0.370 e. The number of rotatable bonds is 12. The number of nitrogens with two attached hydrogens (primary N) is 3. The fraction of sp³-hybridized carbons (Fsp3) is 0.357. The number of nitrogens with zero attached hydrogens (tertiary/aromatic N) is 4. The number of aromatic nitrogens is 4. The molecule has 0 aliphatic rings. The summed E-state index contributed by atoms with van der Waals surface area (Å²) in [6.45, 7) is 5.46. The number of benzene rings is 1. The summed E-state index contributed by atoms with van der Waals surface area (Å²) in [5.41, 5.74) is 21.1. The number of H-pyrrole nitrogens is 1. The van der Waals surface area contributed by atoms with Crippen molar-refractivity contribution in [3.63, 3.8) is 0 Å². The van der Waals surface area contributed by atoms with Crippen LogP contribution in [-0.4, -0.2) is 44.6 Å². The van der Waals surface area contributed by atoms with Crippen LogP contribution >= 0.6 is 11.6 Å². The zero-order valence-corrected chi connectivity index (χ0v) is 23.1. The second-order valence-corrected chi connectivity index (χ2v) is 10.2. The van der Waals surface area contributed by atoms with Gasteiger partial charge >= 0.3 is 5.69 Å². The van der Waals surface area contributed by atoms with Gasteiger partial charge in [0, 0.05) is 30.2 Å². The smallest absolute Gasteiger partial charge is 0.354 e. The van der Waals surface area contributed by atoms with Gasteiger partial charge in [0.1, 0.15) is 10.8 Å². The Kier molecular flexibility index (Phi) is 9.34. The topological polar surface area (TPSA) is 166 Å². The number of hydrogen-bond donors (Lipinski definition) is 5. The zero-order chi connectivity index (χ0) is 27.9. The second kappa shape index (κ2) is 12.9. The normalized spacial score (nSPS) is 12.9. The third-order valence-corrected chi connectivity index (χ3v) is 6.71. The molecular formula is C28H36ClN9O. The van der Waals surface area contributed by atoms with Crippen LogP contribution in [0.15, 0.2) is 58.4 Å². The van der Waals surface area contributed by atoms with Gasteiger partial charge in [-0.2, -0.15) is 4.98 Å². The lowest BCUT2D eigenvalue weighted by molar-refractivity contribution is 0.562. The highest BCUT2D eigenvalue weighted by Crippen LogP contribution is 2.25. The highest BCUT2D eigenvalue weighted by Gasteiger charge is 2.12. The molecule has 0 radical (unpaired) electrons. The third-order valence-electron chi connectivity index (χ3n) is 6.51. The van der Waals surface area contributed by atoms with Gasteiger partial charge in [-0.3, -0.25) is 9.56 Å². The Morgan fingerprint density at radius 2 is 1.90 bits per heavy atom. The molecule has 0 amide bonds. The summed E-state index contributed by atoms with van der Waals surface area (Å²) in [4.78, 5) is 28.8. The van der Waals surface area contributed by atoms with Gasteiger partial charge in [-0.25, -0.2) is 9.78 Å². The summed E-state index contributed by atoms with van der Waals surface area (Å²) >= 11 is 6.32. The first-order valence-corrected chi connectivity index (χ1v) is 13.5. The predicted octanol–water partition coefficient (Wildman–Crippen LogP) is 3.41. The molecule has 0 aliphatic heterocycles. The minimum atomic E-state index is -0.370. The molecule has 0 saturated carbocycles. The van der Waals surface area contributed by atoms with Crippen molar-refractivity contribution < 1.29 is 0 Å². The molecule has 39 heavy (non-hydrogen) atoms. The maximum absolute atomic E-state index is 12.9. The van der Waals surface area contributed by atoms with Gasteiger partial charge in [0.2, 0.25) is 0 Å². The molecule has 4 rings (SSSR count). The van der Waals surface area contributed by atoms with E-state index in [1.54, 1.807) is 10.8 Å². The number of aromatic amines is 1. The highest BCUT2D eigenvalue weighted by atomic mass is 35.5. The van der Waals surface area contributed by atoms with Crippen molar-refractivity contribution in [1.82, 2.24) is 24.8 Å². The van der Waals surface area contributed by atoms with E-state index in [4.69, 9.17) is 28.8 Å². The minimum absolute atomic E-state index is 0.108. The van der Waals surface area contributed by atoms with Crippen molar-refractivity contribution in [3.8, 4) is 17.1 Å². The van der Waals surface area contributed by atoms with E-state index in [2.05, 4.69) is 32.2 Å². The Morgan fingerprint density at radius 1 is 1.13 bits per heavy atom. The molecule has 3 heterocycles. The number of pyridine rings is 1. The average molecular weight is 550 g/mol. The van der Waals surface area contributed by atoms with E-state index < -0.39 is 0 Å². The number of hydrogen-bond acceptors (Lipinski definition) is 6. The molecule has 8 N–H and O–H groups in total. The fourth-order valence-corrected chi connectivity index (χ4v) is 4.66. The Bertz CT molecular complexity index is 1490. The van der Waals surface area contributed by atoms with Gasteiger partial charge in [0.05, 0.1) is 17.1 Å². The number of halogens is 1. The maximum atomic E-state index is 12.9. The van der Waals surface area contributed by atoms with Gasteiger partial charge < -0.3 is 27.5 Å². The first-order chi connectivity index (χ1) is 18.7. The molecule has 3 aromatic heterocycles. The van der Waals surface area contributed by atoms with Crippen molar-refractivity contribution in [1.29, 1.82) is 0 Å². The van der Waals surface area contributed by atoms with Gasteiger partial charge in [-0.1, -0.05) is 23.7 Å². The standard InChI is InChI=1S/C28H36ClN9O/c1-17(30)5-3-6-19-13-23(35-25(29)14-19)24-15-21-16-38(28(39)37-26(21)36-24)22-9-7-20(8-10-22)18(2)33-11-4-12-34-27(31)32/h7-10,13-18,33H,3-6,11-12,30H2,1-2H3,(H4,31,32,34)(H,36,37,39)/t17-,18-/m0/s1. The van der Waals surface area contributed by atoms with E-state index in [9.17, 15) is 4.79 Å². The third kappa shape index (κ3) is 7.66. The quantitative estimate of drug-likeness (QED) is 0.0781. The van der Waals surface area contributed by atoms with Gasteiger partial charge in [-0.05, 0) is 87.5 Å². The van der Waals surface area contributed by atoms with Crippen LogP contribution in [0.3, 0.4) is 0 Å². The Labute approximate surface area is 232 Å². The van der Waals surface area contributed by atoms with Gasteiger partial charge in [-0.15, -0.1) is 0 Å². The molecular weight excluding hydrogens is 514 g/mol. The molecule has 1 aromatic carbocycles. The summed E-state index contributed by atoms with van der Waals surface area (Å²) in [6, 6.07) is 14.0. The molecule has 206 valence electrons. The van der Waals surface area contributed by atoms with Crippen LogP contribution in [0.2, 0.25) is 5.15 Å². The summed E-state index contributed by atoms with van der Waals surface area (Å²) in [6.07, 6.45) is 5.40. The number of fused-ring (bicyclic) bond motifs is 1. The lowest BCUT2D eigenvalue weighted by atomic mass is 10.1. The average Bonchev–Trinajstić information content (AvgIpc) is 3.30. The van der Waals surface area contributed by atoms with E-state index in [1.807, 2.05) is 49.4 Å². The SMILES string of the molecule is C[C@H](N)CCCc1cc(Cl)nc(-c2cc3cn(-c4ccc([C@H](C)NCCCN=C(N)N)cc4)c(=O)nc3[nH]2)c1. The Hall–Kier alpha value is -3.73. The van der Waals surface area contributed by atoms with Crippen molar-refractivity contribution in [2.24, 2.45) is 22.2 Å². The molecule has 0 bridgehead atoms. The highest BCUT2D eigenvalue weighted by molar-refractivity contribution is 6.29. The van der Waals surface area contributed by atoms with Crippen LogP contribution < -0.4 is 28.2 Å². The number of guanidine groups is 1. The van der Waals surface area contributed by atoms with Crippen molar-refractivity contribution >= 4 is 28.6 Å². The van der Waals surface area contributed by atoms with Gasteiger partial charge in [0.15, 0.2) is 5.96 Å².